The fraction of sp³-hybridized carbons (Fsp3) is 0. The van der Waals surface area contributed by atoms with Gasteiger partial charge in [0.1, 0.15) is 0 Å². The van der Waals surface area contributed by atoms with Crippen LogP contribution in [0.2, 0.25) is 0 Å². The SMILES string of the molecule is O=C(O[I+2]([O-])[O-])c1ccccc1.[Ca].[HH].[HH]. The molecule has 0 atom stereocenters. The molecule has 0 spiro atoms. The van der Waals surface area contributed by atoms with Gasteiger partial charge in [-0.25, -0.2) is 4.79 Å². The average Bonchev–Trinajstić information content (AvgIpc) is 2.05. The van der Waals surface area contributed by atoms with Crippen molar-refractivity contribution in [2.75, 3.05) is 0 Å². The summed E-state index contributed by atoms with van der Waals surface area (Å²) in [6.07, 6.45) is 0. The number of hydrogen-bond acceptors (Lipinski definition) is 4. The molecule has 0 aliphatic heterocycles. The van der Waals surface area contributed by atoms with Crippen molar-refractivity contribution in [3.63, 3.8) is 0 Å². The fourth-order valence-corrected chi connectivity index (χ4v) is 1.26. The van der Waals surface area contributed by atoms with Crippen LogP contribution < -0.4 is 27.9 Å². The van der Waals surface area contributed by atoms with Gasteiger partial charge in [-0.15, -0.1) is 3.07 Å². The summed E-state index contributed by atoms with van der Waals surface area (Å²) in [7, 11) is 0. The zero-order valence-electron chi connectivity index (χ0n) is 6.60. The second-order valence-corrected chi connectivity index (χ2v) is 3.44. The van der Waals surface area contributed by atoms with Crippen LogP contribution in [0.1, 0.15) is 13.2 Å². The topological polar surface area (TPSA) is 72.4 Å². The van der Waals surface area contributed by atoms with Crippen LogP contribution in [0.25, 0.3) is 0 Å². The van der Waals surface area contributed by atoms with Crippen molar-refractivity contribution in [1.82, 2.24) is 0 Å². The summed E-state index contributed by atoms with van der Waals surface area (Å²) in [4.78, 5) is 10.9. The first kappa shape index (κ1) is 13.6. The predicted molar refractivity (Wildman–Crippen MR) is 41.8 cm³/mol. The Bertz CT molecular complexity index is 273. The summed E-state index contributed by atoms with van der Waals surface area (Å²) in [6.45, 7) is 0. The predicted octanol–water partition coefficient (Wildman–Crippen LogP) is -3.96. The molecule has 13 heavy (non-hydrogen) atoms. The standard InChI is InChI=1S/C7H5IO4.Ca.2H2/c9-7(12-8(10)11)6-4-2-1-3-5-6;;;/h1-5H;;2*1H. The zero-order valence-corrected chi connectivity index (χ0v) is 11.0. The maximum absolute atomic E-state index is 10.9. The van der Waals surface area contributed by atoms with Crippen molar-refractivity contribution < 1.29 is 38.7 Å². The van der Waals surface area contributed by atoms with E-state index in [0.717, 1.165) is 0 Å². The van der Waals surface area contributed by atoms with Crippen molar-refractivity contribution in [2.45, 2.75) is 0 Å². The molecule has 0 saturated carbocycles. The van der Waals surface area contributed by atoms with Gasteiger partial charge in [0.05, 0.1) is 5.56 Å². The van der Waals surface area contributed by atoms with E-state index in [1.54, 1.807) is 18.2 Å². The summed E-state index contributed by atoms with van der Waals surface area (Å²) in [6, 6.07) is 7.96. The second-order valence-electron chi connectivity index (χ2n) is 1.92. The third-order valence-electron chi connectivity index (χ3n) is 1.14. The Morgan fingerprint density at radius 2 is 1.85 bits per heavy atom. The minimum Gasteiger partial charge on any atom is -0.385 e. The number of benzene rings is 1. The van der Waals surface area contributed by atoms with Gasteiger partial charge in [-0.05, 0) is 12.1 Å². The largest absolute Gasteiger partial charge is 0.575 e. The molecule has 0 aliphatic rings. The van der Waals surface area contributed by atoms with Crippen LogP contribution in [0, 0.1) is 0 Å². The molecule has 0 N–H and O–H groups in total. The van der Waals surface area contributed by atoms with Crippen molar-refractivity contribution >= 4 is 43.7 Å². The van der Waals surface area contributed by atoms with E-state index in [2.05, 4.69) is 3.07 Å². The molecule has 0 saturated heterocycles. The first-order valence-electron chi connectivity index (χ1n) is 3.03. The summed E-state index contributed by atoms with van der Waals surface area (Å²) in [5.41, 5.74) is 0.242. The van der Waals surface area contributed by atoms with Gasteiger partial charge in [0.15, 0.2) is 0 Å². The normalized spacial score (nSPS) is 9.15. The number of halogens is 1. The minimum atomic E-state index is -3.90. The molecule has 4 nitrogen and oxygen atoms in total. The molecule has 0 aromatic heterocycles. The van der Waals surface area contributed by atoms with E-state index in [4.69, 9.17) is 0 Å². The molecule has 1 rings (SSSR count). The molecule has 6 heteroatoms. The van der Waals surface area contributed by atoms with E-state index in [1.165, 1.54) is 12.1 Å². The third-order valence-corrected chi connectivity index (χ3v) is 1.90. The van der Waals surface area contributed by atoms with Crippen LogP contribution in [0.15, 0.2) is 30.3 Å². The van der Waals surface area contributed by atoms with Gasteiger partial charge in [-0.2, -0.15) is 0 Å². The molecule has 0 amide bonds. The van der Waals surface area contributed by atoms with Crippen molar-refractivity contribution in [3.8, 4) is 0 Å². The molecule has 70 valence electrons. The molecular formula is C7H9CaIO4. The van der Waals surface area contributed by atoms with Crippen LogP contribution in [0.3, 0.4) is 0 Å². The molecule has 0 bridgehead atoms. The van der Waals surface area contributed by atoms with Gasteiger partial charge < -0.3 is 6.87 Å². The second kappa shape index (κ2) is 6.97. The Balaban J connectivity index is -0.000000480. The van der Waals surface area contributed by atoms with E-state index in [-0.39, 0.29) is 46.2 Å². The van der Waals surface area contributed by atoms with Crippen molar-refractivity contribution in [1.29, 1.82) is 0 Å². The van der Waals surface area contributed by atoms with Gasteiger partial charge in [0.2, 0.25) is 0 Å². The van der Waals surface area contributed by atoms with E-state index in [9.17, 15) is 11.7 Å². The van der Waals surface area contributed by atoms with Gasteiger partial charge in [-0.3, -0.25) is 0 Å². The van der Waals surface area contributed by atoms with E-state index in [1.807, 2.05) is 0 Å². The number of hydrogen-bond donors (Lipinski definition) is 0. The average molecular weight is 324 g/mol. The Morgan fingerprint density at radius 3 is 2.31 bits per heavy atom. The van der Waals surface area contributed by atoms with Crippen molar-refractivity contribution in [2.24, 2.45) is 0 Å². The number of carbonyl (C=O) groups excluding carboxylic acids is 1. The Labute approximate surface area is 117 Å². The summed E-state index contributed by atoms with van der Waals surface area (Å²) in [5, 5.41) is 0. The van der Waals surface area contributed by atoms with Crippen LogP contribution in [-0.2, 0) is 3.07 Å². The number of rotatable bonds is 2. The Kier molecular flexibility index (Phi) is 7.29. The molecule has 0 aliphatic carbocycles. The van der Waals surface area contributed by atoms with Crippen LogP contribution >= 0.6 is 0 Å². The third kappa shape index (κ3) is 5.14. The minimum absolute atomic E-state index is 0. The summed E-state index contributed by atoms with van der Waals surface area (Å²) >= 11 is -3.90. The quantitative estimate of drug-likeness (QED) is 0.411. The monoisotopic (exact) mass is 324 g/mol. The molecule has 2 radical (unpaired) electrons. The molecule has 1 aromatic carbocycles. The molecule has 0 heterocycles. The van der Waals surface area contributed by atoms with E-state index < -0.39 is 27.0 Å². The first-order valence-corrected chi connectivity index (χ1v) is 5.67. The molecule has 0 fully saturated rings. The van der Waals surface area contributed by atoms with Crippen LogP contribution in [0.5, 0.6) is 0 Å². The van der Waals surface area contributed by atoms with Crippen molar-refractivity contribution in [3.05, 3.63) is 35.9 Å². The number of carbonyl (C=O) groups is 1. The van der Waals surface area contributed by atoms with E-state index >= 15 is 0 Å². The van der Waals surface area contributed by atoms with E-state index in [0.29, 0.717) is 0 Å². The smallest absolute Gasteiger partial charge is 0.385 e. The van der Waals surface area contributed by atoms with Crippen LogP contribution in [0.4, 0.5) is 0 Å². The fourth-order valence-electron chi connectivity index (χ4n) is 0.676. The molecular weight excluding hydrogens is 315 g/mol. The zero-order chi connectivity index (χ0) is 8.97. The maximum Gasteiger partial charge on any atom is 0.575 e. The van der Waals surface area contributed by atoms with Crippen LogP contribution in [-0.4, -0.2) is 43.7 Å². The maximum atomic E-state index is 10.9. The van der Waals surface area contributed by atoms with Gasteiger partial charge in [-0.1, -0.05) is 18.2 Å². The van der Waals surface area contributed by atoms with Gasteiger partial charge in [0.25, 0.3) is 0 Å². The first-order chi connectivity index (χ1) is 5.70. The summed E-state index contributed by atoms with van der Waals surface area (Å²) in [5.74, 6) is -0.814. The van der Waals surface area contributed by atoms with Gasteiger partial charge in [0, 0.05) is 40.6 Å². The van der Waals surface area contributed by atoms with Gasteiger partial charge >= 0.3 is 27.0 Å². The Morgan fingerprint density at radius 1 is 1.31 bits per heavy atom. The molecule has 0 unspecified atom stereocenters. The molecule has 1 aromatic rings. The Hall–Kier alpha value is 0.600. The summed E-state index contributed by atoms with van der Waals surface area (Å²) < 4.78 is 24.2.